The van der Waals surface area contributed by atoms with Crippen LogP contribution in [0.1, 0.15) is 5.69 Å². The summed E-state index contributed by atoms with van der Waals surface area (Å²) in [5.41, 5.74) is 7.83. The fraction of sp³-hybridized carbons (Fsp3) is 0.375. The molecule has 0 aliphatic carbocycles. The van der Waals surface area contributed by atoms with Gasteiger partial charge in [0.1, 0.15) is 0 Å². The van der Waals surface area contributed by atoms with Crippen molar-refractivity contribution in [3.05, 3.63) is 24.0 Å². The van der Waals surface area contributed by atoms with Crippen LogP contribution >= 0.6 is 0 Å². The zero-order valence-corrected chi connectivity index (χ0v) is 6.75. The van der Waals surface area contributed by atoms with Crippen LogP contribution in [0.25, 0.3) is 0 Å². The predicted octanol–water partition coefficient (Wildman–Crippen LogP) is -0.119. The van der Waals surface area contributed by atoms with E-state index in [4.69, 9.17) is 5.73 Å². The van der Waals surface area contributed by atoms with Crippen LogP contribution in [0, 0.1) is 0 Å². The molecule has 4 heteroatoms. The molecule has 1 aliphatic heterocycles. The molecule has 1 aromatic heterocycles. The number of aromatic nitrogens is 1. The molecule has 0 saturated heterocycles. The minimum absolute atomic E-state index is 0.0131. The molecule has 1 aromatic rings. The zero-order valence-electron chi connectivity index (χ0n) is 6.75. The third-order valence-corrected chi connectivity index (χ3v) is 1.93. The molecule has 0 spiro atoms. The Morgan fingerprint density at radius 2 is 2.50 bits per heavy atom. The highest BCUT2D eigenvalue weighted by Crippen LogP contribution is 2.13. The lowest BCUT2D eigenvalue weighted by molar-refractivity contribution is 0.554. The molecule has 4 N–H and O–H groups in total. The highest BCUT2D eigenvalue weighted by Gasteiger charge is 2.10. The fourth-order valence-corrected chi connectivity index (χ4v) is 1.26. The lowest BCUT2D eigenvalue weighted by atomic mass is 10.3. The van der Waals surface area contributed by atoms with E-state index >= 15 is 0 Å². The van der Waals surface area contributed by atoms with E-state index < -0.39 is 0 Å². The Labute approximate surface area is 71.2 Å². The van der Waals surface area contributed by atoms with Crippen molar-refractivity contribution in [2.75, 3.05) is 11.9 Å². The molecule has 0 saturated carbocycles. The maximum absolute atomic E-state index is 5.71. The average molecular weight is 164 g/mol. The van der Waals surface area contributed by atoms with Gasteiger partial charge in [0.25, 0.3) is 0 Å². The minimum Gasteiger partial charge on any atom is -0.381 e. The van der Waals surface area contributed by atoms with Gasteiger partial charge in [-0.05, 0) is 12.1 Å². The molecule has 0 aromatic carbocycles. The van der Waals surface area contributed by atoms with Crippen molar-refractivity contribution in [2.24, 2.45) is 5.73 Å². The van der Waals surface area contributed by atoms with Crippen LogP contribution in [-0.4, -0.2) is 17.7 Å². The van der Waals surface area contributed by atoms with Crippen molar-refractivity contribution >= 4 is 5.69 Å². The Hall–Kier alpha value is -1.13. The highest BCUT2D eigenvalue weighted by molar-refractivity contribution is 5.48. The summed E-state index contributed by atoms with van der Waals surface area (Å²) in [6.45, 7) is 1.49. The van der Waals surface area contributed by atoms with E-state index in [1.165, 1.54) is 0 Å². The molecule has 1 aliphatic rings. The molecule has 0 bridgehead atoms. The quantitative estimate of drug-likeness (QED) is 0.500. The van der Waals surface area contributed by atoms with Gasteiger partial charge in [0.2, 0.25) is 0 Å². The number of nitrogens with one attached hydrogen (secondary N) is 2. The smallest absolute Gasteiger partial charge is 0.0773 e. The molecule has 64 valence electrons. The largest absolute Gasteiger partial charge is 0.381 e. The van der Waals surface area contributed by atoms with Crippen LogP contribution in [0.15, 0.2) is 18.3 Å². The summed E-state index contributed by atoms with van der Waals surface area (Å²) in [5, 5.41) is 6.38. The average Bonchev–Trinajstić information content (AvgIpc) is 2.29. The molecular formula is C8H12N4. The first-order valence-electron chi connectivity index (χ1n) is 4.03. The Balaban J connectivity index is 2.26. The van der Waals surface area contributed by atoms with Gasteiger partial charge in [-0.2, -0.15) is 0 Å². The second-order valence-electron chi connectivity index (χ2n) is 2.87. The predicted molar refractivity (Wildman–Crippen MR) is 47.5 cm³/mol. The lowest BCUT2D eigenvalue weighted by Crippen LogP contribution is -2.40. The topological polar surface area (TPSA) is 63.0 Å². The number of rotatable bonds is 0. The summed E-state index contributed by atoms with van der Waals surface area (Å²) in [5.74, 6) is 0. The Morgan fingerprint density at radius 3 is 3.42 bits per heavy atom. The number of hydrogen-bond acceptors (Lipinski definition) is 4. The van der Waals surface area contributed by atoms with Crippen LogP contribution in [0.2, 0.25) is 0 Å². The molecule has 12 heavy (non-hydrogen) atoms. The maximum Gasteiger partial charge on any atom is 0.0773 e. The fourth-order valence-electron chi connectivity index (χ4n) is 1.26. The molecule has 2 heterocycles. The molecule has 0 fully saturated rings. The monoisotopic (exact) mass is 164 g/mol. The van der Waals surface area contributed by atoms with Gasteiger partial charge in [0, 0.05) is 19.3 Å². The molecule has 4 nitrogen and oxygen atoms in total. The van der Waals surface area contributed by atoms with E-state index in [0.717, 1.165) is 24.5 Å². The van der Waals surface area contributed by atoms with E-state index in [-0.39, 0.29) is 6.17 Å². The number of nitrogens with two attached hydrogens (primary N) is 1. The van der Waals surface area contributed by atoms with Crippen molar-refractivity contribution in [1.29, 1.82) is 0 Å². The van der Waals surface area contributed by atoms with Crippen LogP contribution < -0.4 is 16.4 Å². The molecule has 1 atom stereocenters. The van der Waals surface area contributed by atoms with Crippen molar-refractivity contribution in [2.45, 2.75) is 12.7 Å². The van der Waals surface area contributed by atoms with Gasteiger partial charge in [-0.25, -0.2) is 0 Å². The third kappa shape index (κ3) is 1.39. The van der Waals surface area contributed by atoms with Crippen molar-refractivity contribution in [3.63, 3.8) is 0 Å². The first kappa shape index (κ1) is 7.52. The second kappa shape index (κ2) is 3.08. The third-order valence-electron chi connectivity index (χ3n) is 1.93. The molecular weight excluding hydrogens is 152 g/mol. The van der Waals surface area contributed by atoms with E-state index in [9.17, 15) is 0 Å². The van der Waals surface area contributed by atoms with E-state index in [0.29, 0.717) is 0 Å². The summed E-state index contributed by atoms with van der Waals surface area (Å²) in [7, 11) is 0. The van der Waals surface area contributed by atoms with Crippen LogP contribution in [0.4, 0.5) is 5.69 Å². The molecule has 0 radical (unpaired) electrons. The highest BCUT2D eigenvalue weighted by atomic mass is 15.1. The van der Waals surface area contributed by atoms with Gasteiger partial charge in [-0.15, -0.1) is 0 Å². The van der Waals surface area contributed by atoms with Crippen LogP contribution in [-0.2, 0) is 6.54 Å². The molecule has 1 unspecified atom stereocenters. The molecule has 2 rings (SSSR count). The van der Waals surface area contributed by atoms with E-state index in [2.05, 4.69) is 15.6 Å². The summed E-state index contributed by atoms with van der Waals surface area (Å²) in [6, 6.07) is 3.94. The number of nitrogens with zero attached hydrogens (tertiary/aromatic N) is 1. The second-order valence-corrected chi connectivity index (χ2v) is 2.87. The Morgan fingerprint density at radius 1 is 1.58 bits per heavy atom. The summed E-state index contributed by atoms with van der Waals surface area (Å²) < 4.78 is 0. The zero-order chi connectivity index (χ0) is 8.39. The minimum atomic E-state index is 0.0131. The van der Waals surface area contributed by atoms with Gasteiger partial charge in [-0.3, -0.25) is 10.3 Å². The summed E-state index contributed by atoms with van der Waals surface area (Å²) in [6.07, 6.45) is 1.80. The van der Waals surface area contributed by atoms with Gasteiger partial charge in [-0.1, -0.05) is 0 Å². The van der Waals surface area contributed by atoms with Gasteiger partial charge < -0.3 is 11.1 Å². The Kier molecular flexibility index (Phi) is 1.93. The van der Waals surface area contributed by atoms with E-state index in [1.807, 2.05) is 12.1 Å². The van der Waals surface area contributed by atoms with Crippen LogP contribution in [0.5, 0.6) is 0 Å². The maximum atomic E-state index is 5.71. The number of pyridine rings is 1. The first-order valence-corrected chi connectivity index (χ1v) is 4.03. The van der Waals surface area contributed by atoms with Gasteiger partial charge in [0.05, 0.1) is 17.5 Å². The van der Waals surface area contributed by atoms with Crippen molar-refractivity contribution < 1.29 is 0 Å². The number of fused-ring (bicyclic) bond motifs is 1. The normalized spacial score (nSPS) is 22.2. The van der Waals surface area contributed by atoms with Gasteiger partial charge in [0.15, 0.2) is 0 Å². The first-order chi connectivity index (χ1) is 5.86. The standard InChI is InChI=1S/C8H12N4/c9-8-5-11-6-2-1-3-10-7(6)4-12-8/h1-3,8,11-12H,4-5,9H2. The molecule has 0 amide bonds. The van der Waals surface area contributed by atoms with Crippen molar-refractivity contribution in [1.82, 2.24) is 10.3 Å². The number of hydrogen-bond donors (Lipinski definition) is 3. The summed E-state index contributed by atoms with van der Waals surface area (Å²) >= 11 is 0. The SMILES string of the molecule is NC1CNc2cccnc2CN1. The van der Waals surface area contributed by atoms with E-state index in [1.54, 1.807) is 6.20 Å². The lowest BCUT2D eigenvalue weighted by Gasteiger charge is -2.08. The number of anilines is 1. The van der Waals surface area contributed by atoms with Crippen LogP contribution in [0.3, 0.4) is 0 Å². The summed E-state index contributed by atoms with van der Waals surface area (Å²) in [4.78, 5) is 4.23. The Bertz CT molecular complexity index is 247. The van der Waals surface area contributed by atoms with Crippen molar-refractivity contribution in [3.8, 4) is 0 Å². The van der Waals surface area contributed by atoms with Gasteiger partial charge >= 0.3 is 0 Å².